The first-order chi connectivity index (χ1) is 10.2. The van der Waals surface area contributed by atoms with E-state index in [9.17, 15) is 0 Å². The molecule has 0 aliphatic carbocycles. The highest BCUT2D eigenvalue weighted by Gasteiger charge is 2.16. The Labute approximate surface area is 126 Å². The Morgan fingerprint density at radius 1 is 1.19 bits per heavy atom. The molecule has 4 nitrogen and oxygen atoms in total. The molecule has 0 bridgehead atoms. The highest BCUT2D eigenvalue weighted by molar-refractivity contribution is 5.26. The summed E-state index contributed by atoms with van der Waals surface area (Å²) >= 11 is 0. The molecule has 2 rings (SSSR count). The fourth-order valence-corrected chi connectivity index (χ4v) is 2.51. The predicted octanol–water partition coefficient (Wildman–Crippen LogP) is 2.36. The van der Waals surface area contributed by atoms with E-state index in [0.29, 0.717) is 13.2 Å². The monoisotopic (exact) mass is 285 g/mol. The molecule has 1 aromatic carbocycles. The van der Waals surface area contributed by atoms with Crippen LogP contribution in [0.2, 0.25) is 0 Å². The third kappa shape index (κ3) is 4.36. The fraction of sp³-hybridized carbons (Fsp3) is 0.353. The van der Waals surface area contributed by atoms with Crippen LogP contribution in [0.15, 0.2) is 48.8 Å². The summed E-state index contributed by atoms with van der Waals surface area (Å²) in [7, 11) is 3.81. The average molecular weight is 285 g/mol. The summed E-state index contributed by atoms with van der Waals surface area (Å²) in [6.45, 7) is 2.05. The van der Waals surface area contributed by atoms with Crippen molar-refractivity contribution in [2.24, 2.45) is 5.73 Å². The van der Waals surface area contributed by atoms with Gasteiger partial charge in [-0.2, -0.15) is 0 Å². The Morgan fingerprint density at radius 2 is 1.95 bits per heavy atom. The number of pyridine rings is 1. The van der Waals surface area contributed by atoms with Crippen LogP contribution in [0.4, 0.5) is 0 Å². The number of nitrogens with two attached hydrogens (primary N) is 1. The molecule has 1 unspecified atom stereocenters. The second kappa shape index (κ2) is 7.88. The molecule has 2 N–H and O–H groups in total. The van der Waals surface area contributed by atoms with Gasteiger partial charge in [0.25, 0.3) is 0 Å². The smallest absolute Gasteiger partial charge is 0.0713 e. The second-order valence-electron chi connectivity index (χ2n) is 5.20. The highest BCUT2D eigenvalue weighted by Crippen LogP contribution is 2.21. The molecular weight excluding hydrogens is 262 g/mol. The van der Waals surface area contributed by atoms with Crippen molar-refractivity contribution >= 4 is 0 Å². The van der Waals surface area contributed by atoms with Crippen LogP contribution in [0.25, 0.3) is 0 Å². The Morgan fingerprint density at radius 3 is 2.62 bits per heavy atom. The first-order valence-corrected chi connectivity index (χ1v) is 7.11. The quantitative estimate of drug-likeness (QED) is 0.848. The van der Waals surface area contributed by atoms with Crippen molar-refractivity contribution in [1.82, 2.24) is 9.88 Å². The first-order valence-electron chi connectivity index (χ1n) is 7.11. The number of likely N-dealkylation sites (N-methyl/N-ethyl adjacent to an activating group) is 1. The van der Waals surface area contributed by atoms with E-state index >= 15 is 0 Å². The van der Waals surface area contributed by atoms with E-state index in [1.54, 1.807) is 7.11 Å². The first kappa shape index (κ1) is 15.6. The van der Waals surface area contributed by atoms with Crippen molar-refractivity contribution in [2.45, 2.75) is 19.2 Å². The third-order valence-corrected chi connectivity index (χ3v) is 3.58. The summed E-state index contributed by atoms with van der Waals surface area (Å²) in [5.41, 5.74) is 9.63. The van der Waals surface area contributed by atoms with Gasteiger partial charge in [-0.25, -0.2) is 0 Å². The molecule has 0 aliphatic heterocycles. The standard InChI is InChI=1S/C17H23N3O/c1-20(12-14-6-8-19-9-7-14)17(11-18)16-5-3-4-15(10-16)13-21-2/h3-10,17H,11-13,18H2,1-2H3. The molecule has 0 amide bonds. The number of ether oxygens (including phenoxy) is 1. The number of methoxy groups -OCH3 is 1. The lowest BCUT2D eigenvalue weighted by Crippen LogP contribution is -2.30. The molecule has 0 radical (unpaired) electrons. The zero-order chi connectivity index (χ0) is 15.1. The van der Waals surface area contributed by atoms with Gasteiger partial charge >= 0.3 is 0 Å². The minimum atomic E-state index is 0.190. The van der Waals surface area contributed by atoms with Crippen LogP contribution in [0.3, 0.4) is 0 Å². The molecule has 0 spiro atoms. The normalized spacial score (nSPS) is 12.6. The molecule has 4 heteroatoms. The molecule has 0 fully saturated rings. The number of hydrogen-bond donors (Lipinski definition) is 1. The van der Waals surface area contributed by atoms with Gasteiger partial charge in [0, 0.05) is 38.6 Å². The van der Waals surface area contributed by atoms with Crippen molar-refractivity contribution < 1.29 is 4.74 Å². The fourth-order valence-electron chi connectivity index (χ4n) is 2.51. The second-order valence-corrected chi connectivity index (χ2v) is 5.20. The van der Waals surface area contributed by atoms with Gasteiger partial charge in [-0.15, -0.1) is 0 Å². The maximum atomic E-state index is 6.00. The van der Waals surface area contributed by atoms with E-state index in [4.69, 9.17) is 10.5 Å². The largest absolute Gasteiger partial charge is 0.380 e. The summed E-state index contributed by atoms with van der Waals surface area (Å²) in [5, 5.41) is 0. The van der Waals surface area contributed by atoms with Crippen LogP contribution in [0, 0.1) is 0 Å². The summed E-state index contributed by atoms with van der Waals surface area (Å²) in [6, 6.07) is 12.7. The van der Waals surface area contributed by atoms with Crippen LogP contribution in [0.1, 0.15) is 22.7 Å². The van der Waals surface area contributed by atoms with Crippen molar-refractivity contribution in [3.8, 4) is 0 Å². The van der Waals surface area contributed by atoms with E-state index in [0.717, 1.165) is 6.54 Å². The van der Waals surface area contributed by atoms with Crippen molar-refractivity contribution in [2.75, 3.05) is 20.7 Å². The summed E-state index contributed by atoms with van der Waals surface area (Å²) in [4.78, 5) is 6.32. The van der Waals surface area contributed by atoms with E-state index < -0.39 is 0 Å². The minimum Gasteiger partial charge on any atom is -0.380 e. The Bertz CT molecular complexity index is 545. The highest BCUT2D eigenvalue weighted by atomic mass is 16.5. The van der Waals surface area contributed by atoms with Crippen LogP contribution in [-0.2, 0) is 17.9 Å². The molecule has 1 heterocycles. The van der Waals surface area contributed by atoms with E-state index in [1.165, 1.54) is 16.7 Å². The predicted molar refractivity (Wildman–Crippen MR) is 84.7 cm³/mol. The summed E-state index contributed by atoms with van der Waals surface area (Å²) in [6.07, 6.45) is 3.64. The van der Waals surface area contributed by atoms with Crippen molar-refractivity contribution in [3.63, 3.8) is 0 Å². The maximum Gasteiger partial charge on any atom is 0.0713 e. The molecular formula is C17H23N3O. The number of hydrogen-bond acceptors (Lipinski definition) is 4. The van der Waals surface area contributed by atoms with Gasteiger partial charge in [-0.1, -0.05) is 24.3 Å². The van der Waals surface area contributed by atoms with Gasteiger partial charge in [0.1, 0.15) is 0 Å². The Balaban J connectivity index is 2.12. The van der Waals surface area contributed by atoms with Gasteiger partial charge in [-0.3, -0.25) is 9.88 Å². The van der Waals surface area contributed by atoms with Gasteiger partial charge in [0.2, 0.25) is 0 Å². The van der Waals surface area contributed by atoms with Crippen molar-refractivity contribution in [3.05, 3.63) is 65.5 Å². The zero-order valence-electron chi connectivity index (χ0n) is 12.7. The summed E-state index contributed by atoms with van der Waals surface area (Å²) in [5.74, 6) is 0. The number of benzene rings is 1. The van der Waals surface area contributed by atoms with Crippen LogP contribution >= 0.6 is 0 Å². The van der Waals surface area contributed by atoms with E-state index in [-0.39, 0.29) is 6.04 Å². The lowest BCUT2D eigenvalue weighted by atomic mass is 10.0. The Hall–Kier alpha value is -1.75. The number of nitrogens with zero attached hydrogens (tertiary/aromatic N) is 2. The van der Waals surface area contributed by atoms with Crippen molar-refractivity contribution in [1.29, 1.82) is 0 Å². The minimum absolute atomic E-state index is 0.190. The Kier molecular flexibility index (Phi) is 5.87. The molecule has 21 heavy (non-hydrogen) atoms. The van der Waals surface area contributed by atoms with Gasteiger partial charge < -0.3 is 10.5 Å². The number of rotatable bonds is 7. The zero-order valence-corrected chi connectivity index (χ0v) is 12.7. The molecule has 1 atom stereocenters. The van der Waals surface area contributed by atoms with E-state index in [1.807, 2.05) is 24.5 Å². The van der Waals surface area contributed by atoms with Crippen LogP contribution in [-0.4, -0.2) is 30.6 Å². The van der Waals surface area contributed by atoms with Crippen LogP contribution < -0.4 is 5.73 Å². The van der Waals surface area contributed by atoms with Gasteiger partial charge in [-0.05, 0) is 35.9 Å². The van der Waals surface area contributed by atoms with E-state index in [2.05, 4.69) is 41.2 Å². The topological polar surface area (TPSA) is 51.4 Å². The third-order valence-electron chi connectivity index (χ3n) is 3.58. The molecule has 2 aromatic rings. The summed E-state index contributed by atoms with van der Waals surface area (Å²) < 4.78 is 5.20. The SMILES string of the molecule is COCc1cccc(C(CN)N(C)Cc2ccncc2)c1. The molecule has 1 aromatic heterocycles. The maximum absolute atomic E-state index is 6.00. The molecule has 0 aliphatic rings. The molecule has 112 valence electrons. The lowest BCUT2D eigenvalue weighted by Gasteiger charge is -2.27. The molecule has 0 saturated carbocycles. The lowest BCUT2D eigenvalue weighted by molar-refractivity contribution is 0.184. The van der Waals surface area contributed by atoms with Gasteiger partial charge in [0.15, 0.2) is 0 Å². The molecule has 0 saturated heterocycles. The van der Waals surface area contributed by atoms with Crippen LogP contribution in [0.5, 0.6) is 0 Å². The average Bonchev–Trinajstić information content (AvgIpc) is 2.50. The number of aromatic nitrogens is 1. The van der Waals surface area contributed by atoms with Gasteiger partial charge in [0.05, 0.1) is 6.61 Å².